The number of nitriles is 1. The lowest BCUT2D eigenvalue weighted by molar-refractivity contribution is -0.114. The average molecular weight is 366 g/mol. The predicted molar refractivity (Wildman–Crippen MR) is 103 cm³/mol. The van der Waals surface area contributed by atoms with Crippen LogP contribution in [0.2, 0.25) is 0 Å². The molecule has 2 aromatic heterocycles. The molecule has 124 valence electrons. The van der Waals surface area contributed by atoms with Crippen LogP contribution in [0.3, 0.4) is 0 Å². The zero-order chi connectivity index (χ0) is 17.6. The molecule has 0 atom stereocenters. The van der Waals surface area contributed by atoms with Crippen molar-refractivity contribution in [2.24, 2.45) is 0 Å². The van der Waals surface area contributed by atoms with Gasteiger partial charge in [-0.2, -0.15) is 5.26 Å². The summed E-state index contributed by atoms with van der Waals surface area (Å²) >= 11 is 3.06. The highest BCUT2D eigenvalue weighted by Crippen LogP contribution is 2.29. The number of benzene rings is 1. The molecule has 0 radical (unpaired) electrons. The number of nitrogens with zero attached hydrogens (tertiary/aromatic N) is 2. The lowest BCUT2D eigenvalue weighted by atomic mass is 10.2. The van der Waals surface area contributed by atoms with E-state index in [4.69, 9.17) is 0 Å². The van der Waals surface area contributed by atoms with Gasteiger partial charge >= 0.3 is 0 Å². The van der Waals surface area contributed by atoms with Crippen molar-refractivity contribution in [3.05, 3.63) is 58.4 Å². The largest absolute Gasteiger partial charge is 0.360 e. The Morgan fingerprint density at radius 3 is 2.60 bits per heavy atom. The molecule has 2 heterocycles. The summed E-state index contributed by atoms with van der Waals surface area (Å²) < 4.78 is 0. The number of carbonyl (C=O) groups is 1. The SMILES string of the molecule is CC(=O)Nc1ccc(NC=C(C#N)c2nc(-c3cccs3)cs2)cc1. The molecule has 3 rings (SSSR count). The maximum Gasteiger partial charge on any atom is 0.221 e. The van der Waals surface area contributed by atoms with Gasteiger partial charge in [0.15, 0.2) is 0 Å². The maximum atomic E-state index is 11.0. The van der Waals surface area contributed by atoms with Gasteiger partial charge in [0.05, 0.1) is 10.6 Å². The standard InChI is InChI=1S/C18H14N4OS2/c1-12(23)21-15-6-4-14(5-7-15)20-10-13(9-19)18-22-16(11-25-18)17-3-2-8-24-17/h2-8,10-11,20H,1H3,(H,21,23). The topological polar surface area (TPSA) is 77.8 Å². The number of anilines is 2. The summed E-state index contributed by atoms with van der Waals surface area (Å²) in [6, 6.07) is 13.4. The lowest BCUT2D eigenvalue weighted by Gasteiger charge is -2.04. The second-order valence-corrected chi connectivity index (χ2v) is 6.89. The van der Waals surface area contributed by atoms with Crippen molar-refractivity contribution in [1.29, 1.82) is 5.26 Å². The molecule has 0 aliphatic rings. The van der Waals surface area contributed by atoms with Crippen LogP contribution in [0.25, 0.3) is 16.1 Å². The number of amides is 1. The van der Waals surface area contributed by atoms with Gasteiger partial charge in [-0.1, -0.05) is 6.07 Å². The minimum Gasteiger partial charge on any atom is -0.360 e. The van der Waals surface area contributed by atoms with Crippen molar-refractivity contribution < 1.29 is 4.79 Å². The molecule has 0 fully saturated rings. The summed E-state index contributed by atoms with van der Waals surface area (Å²) in [5, 5.41) is 19.8. The first-order valence-electron chi connectivity index (χ1n) is 7.40. The Labute approximate surface area is 153 Å². The van der Waals surface area contributed by atoms with Crippen molar-refractivity contribution in [2.45, 2.75) is 6.92 Å². The van der Waals surface area contributed by atoms with E-state index in [0.29, 0.717) is 10.6 Å². The smallest absolute Gasteiger partial charge is 0.221 e. The molecule has 0 saturated carbocycles. The van der Waals surface area contributed by atoms with Gasteiger partial charge in [0.25, 0.3) is 0 Å². The molecule has 0 unspecified atom stereocenters. The van der Waals surface area contributed by atoms with Crippen molar-refractivity contribution in [1.82, 2.24) is 4.98 Å². The fraction of sp³-hybridized carbons (Fsp3) is 0.0556. The quantitative estimate of drug-likeness (QED) is 0.635. The third kappa shape index (κ3) is 4.32. The van der Waals surface area contributed by atoms with E-state index in [1.54, 1.807) is 29.7 Å². The van der Waals surface area contributed by atoms with Gasteiger partial charge in [0.1, 0.15) is 16.6 Å². The molecule has 3 aromatic rings. The number of hydrogen-bond acceptors (Lipinski definition) is 6. The van der Waals surface area contributed by atoms with Crippen LogP contribution >= 0.6 is 22.7 Å². The van der Waals surface area contributed by atoms with Crippen molar-refractivity contribution >= 4 is 45.5 Å². The van der Waals surface area contributed by atoms with E-state index in [9.17, 15) is 10.1 Å². The number of thiophene rings is 1. The third-order valence-electron chi connectivity index (χ3n) is 3.22. The van der Waals surface area contributed by atoms with Gasteiger partial charge in [-0.3, -0.25) is 4.79 Å². The molecule has 7 heteroatoms. The van der Waals surface area contributed by atoms with Crippen molar-refractivity contribution in [3.8, 4) is 16.6 Å². The van der Waals surface area contributed by atoms with E-state index in [0.717, 1.165) is 21.9 Å². The molecule has 2 N–H and O–H groups in total. The van der Waals surface area contributed by atoms with E-state index >= 15 is 0 Å². The average Bonchev–Trinajstić information content (AvgIpc) is 3.28. The van der Waals surface area contributed by atoms with Crippen molar-refractivity contribution in [2.75, 3.05) is 10.6 Å². The number of thiazole rings is 1. The molecular weight excluding hydrogens is 352 g/mol. The summed E-state index contributed by atoms with van der Waals surface area (Å²) in [5.41, 5.74) is 2.90. The highest BCUT2D eigenvalue weighted by Gasteiger charge is 2.09. The van der Waals surface area contributed by atoms with Crippen LogP contribution in [0.5, 0.6) is 0 Å². The molecule has 0 aliphatic carbocycles. The molecule has 0 aliphatic heterocycles. The molecular formula is C18H14N4OS2. The monoisotopic (exact) mass is 366 g/mol. The Balaban J connectivity index is 1.73. The number of aromatic nitrogens is 1. The first kappa shape index (κ1) is 16.9. The van der Waals surface area contributed by atoms with Crippen LogP contribution in [0, 0.1) is 11.3 Å². The highest BCUT2D eigenvalue weighted by molar-refractivity contribution is 7.14. The lowest BCUT2D eigenvalue weighted by Crippen LogP contribution is -2.05. The predicted octanol–water partition coefficient (Wildman–Crippen LogP) is 4.81. The summed E-state index contributed by atoms with van der Waals surface area (Å²) in [5.74, 6) is -0.113. The molecule has 0 saturated heterocycles. The minimum absolute atomic E-state index is 0.113. The molecule has 1 amide bonds. The number of hydrogen-bond donors (Lipinski definition) is 2. The summed E-state index contributed by atoms with van der Waals surface area (Å²) in [6.45, 7) is 1.46. The van der Waals surface area contributed by atoms with E-state index < -0.39 is 0 Å². The van der Waals surface area contributed by atoms with E-state index in [1.165, 1.54) is 18.3 Å². The molecule has 1 aromatic carbocycles. The van der Waals surface area contributed by atoms with Gasteiger partial charge in [0.2, 0.25) is 5.91 Å². The second kappa shape index (κ2) is 7.75. The molecule has 0 spiro atoms. The van der Waals surface area contributed by atoms with Gasteiger partial charge in [-0.15, -0.1) is 22.7 Å². The van der Waals surface area contributed by atoms with Gasteiger partial charge in [-0.05, 0) is 35.7 Å². The number of nitrogens with one attached hydrogen (secondary N) is 2. The first-order valence-corrected chi connectivity index (χ1v) is 9.16. The van der Waals surface area contributed by atoms with Crippen LogP contribution in [-0.4, -0.2) is 10.9 Å². The Morgan fingerprint density at radius 2 is 1.96 bits per heavy atom. The Bertz CT molecular complexity index is 934. The molecule has 0 bridgehead atoms. The molecule has 25 heavy (non-hydrogen) atoms. The van der Waals surface area contributed by atoms with Crippen LogP contribution in [0.4, 0.5) is 11.4 Å². The zero-order valence-corrected chi connectivity index (χ0v) is 14.9. The van der Waals surface area contributed by atoms with Crippen LogP contribution < -0.4 is 10.6 Å². The number of carbonyl (C=O) groups excluding carboxylic acids is 1. The van der Waals surface area contributed by atoms with Gasteiger partial charge in [0, 0.05) is 29.9 Å². The van der Waals surface area contributed by atoms with Crippen LogP contribution in [0.1, 0.15) is 11.9 Å². The van der Waals surface area contributed by atoms with Gasteiger partial charge in [-0.25, -0.2) is 4.98 Å². The third-order valence-corrected chi connectivity index (χ3v) is 4.99. The zero-order valence-electron chi connectivity index (χ0n) is 13.3. The Kier molecular flexibility index (Phi) is 5.23. The van der Waals surface area contributed by atoms with E-state index in [1.807, 2.05) is 35.0 Å². The Hall–Kier alpha value is -2.95. The summed E-state index contributed by atoms with van der Waals surface area (Å²) in [4.78, 5) is 16.6. The molecule has 5 nitrogen and oxygen atoms in total. The fourth-order valence-electron chi connectivity index (χ4n) is 2.09. The summed E-state index contributed by atoms with van der Waals surface area (Å²) in [6.07, 6.45) is 1.64. The highest BCUT2D eigenvalue weighted by atomic mass is 32.1. The van der Waals surface area contributed by atoms with E-state index in [2.05, 4.69) is 21.7 Å². The second-order valence-electron chi connectivity index (χ2n) is 5.09. The normalized spacial score (nSPS) is 11.0. The maximum absolute atomic E-state index is 11.0. The van der Waals surface area contributed by atoms with Crippen molar-refractivity contribution in [3.63, 3.8) is 0 Å². The number of rotatable bonds is 5. The van der Waals surface area contributed by atoms with Crippen LogP contribution in [-0.2, 0) is 4.79 Å². The van der Waals surface area contributed by atoms with E-state index in [-0.39, 0.29) is 5.91 Å². The first-order chi connectivity index (χ1) is 12.2. The van der Waals surface area contributed by atoms with Gasteiger partial charge < -0.3 is 10.6 Å². The van der Waals surface area contributed by atoms with Crippen LogP contribution in [0.15, 0.2) is 53.4 Å². The minimum atomic E-state index is -0.113. The number of allylic oxidation sites excluding steroid dienone is 1. The summed E-state index contributed by atoms with van der Waals surface area (Å²) in [7, 11) is 0. The Morgan fingerprint density at radius 1 is 1.20 bits per heavy atom. The fourth-order valence-corrected chi connectivity index (χ4v) is 3.63.